The zero-order valence-corrected chi connectivity index (χ0v) is 26.3. The van der Waals surface area contributed by atoms with Crippen molar-refractivity contribution in [3.8, 4) is 5.75 Å². The summed E-state index contributed by atoms with van der Waals surface area (Å²) in [6, 6.07) is 8.66. The smallest absolute Gasteiger partial charge is 1.00 e. The van der Waals surface area contributed by atoms with Gasteiger partial charge in [-0.25, -0.2) is 13.0 Å². The number of anilines is 1. The molecule has 208 valence electrons. The van der Waals surface area contributed by atoms with E-state index in [1.165, 1.54) is 0 Å². The molecule has 0 fully saturated rings. The topological polar surface area (TPSA) is 138 Å². The van der Waals surface area contributed by atoms with E-state index in [2.05, 4.69) is 9.48 Å². The quantitative estimate of drug-likeness (QED) is 0.252. The summed E-state index contributed by atoms with van der Waals surface area (Å²) in [6.07, 6.45) is 7.28. The second kappa shape index (κ2) is 13.6. The van der Waals surface area contributed by atoms with Gasteiger partial charge >= 0.3 is 37.7 Å². The number of nitrogens with zero attached hydrogens (tertiary/aromatic N) is 2. The van der Waals surface area contributed by atoms with Gasteiger partial charge in [0.2, 0.25) is 0 Å². The molecule has 1 aliphatic carbocycles. The molecule has 39 heavy (non-hydrogen) atoms. The Labute approximate surface area is 263 Å². The molecule has 3 rings (SSSR count). The van der Waals surface area contributed by atoms with Gasteiger partial charge in [0, 0.05) is 36.5 Å². The predicted octanol–water partition coefficient (Wildman–Crippen LogP) is 3.65. The largest absolute Gasteiger partial charge is 2.00 e. The Morgan fingerprint density at radius 3 is 1.87 bits per heavy atom. The van der Waals surface area contributed by atoms with Crippen LogP contribution in [0.2, 0.25) is 0 Å². The van der Waals surface area contributed by atoms with E-state index in [0.717, 1.165) is 43.6 Å². The van der Waals surface area contributed by atoms with Crippen molar-refractivity contribution in [2.75, 3.05) is 31.1 Å². The van der Waals surface area contributed by atoms with Gasteiger partial charge in [-0.05, 0) is 80.8 Å². The molecule has 0 atom stereocenters. The number of rotatable bonds is 9. The third-order valence-electron chi connectivity index (χ3n) is 6.45. The Morgan fingerprint density at radius 2 is 1.44 bits per heavy atom. The van der Waals surface area contributed by atoms with Crippen molar-refractivity contribution in [1.82, 2.24) is 0 Å². The average Bonchev–Trinajstić information content (AvgIpc) is 2.86. The first-order valence-electron chi connectivity index (χ1n) is 12.2. The van der Waals surface area contributed by atoms with Crippen molar-refractivity contribution in [2.45, 2.75) is 37.5 Å². The van der Waals surface area contributed by atoms with Crippen LogP contribution in [0.15, 0.2) is 76.1 Å². The van der Waals surface area contributed by atoms with Gasteiger partial charge in [0.1, 0.15) is 33.9 Å². The Balaban J connectivity index is 0.00000533. The number of allylic oxidation sites excluding steroid dienone is 5. The standard InChI is InChI=1S/C27H32N2O7S2.Ca.2H/c1-5-28(6-2)21-13-9-19(10-14-21)27(20-11-15-22(16-12-20)29(7-3)8-4)23-17-24(30)26(38(34,35)36)18-25(23)37(31,32)33;;;/h9-18H,5-8H2,1-4H3,(H2-,30,31,32,33,34,35,36);;;/q;+2;2*-1. The second-order valence-corrected chi connectivity index (χ2v) is 11.3. The minimum Gasteiger partial charge on any atom is -1.00 e. The molecule has 9 nitrogen and oxygen atoms in total. The molecule has 0 radical (unpaired) electrons. The van der Waals surface area contributed by atoms with Crippen molar-refractivity contribution in [3.05, 3.63) is 77.4 Å². The number of benzene rings is 2. The fourth-order valence-corrected chi connectivity index (χ4v) is 5.85. The van der Waals surface area contributed by atoms with Gasteiger partial charge in [-0.15, -0.1) is 0 Å². The third-order valence-corrected chi connectivity index (χ3v) is 8.21. The van der Waals surface area contributed by atoms with Gasteiger partial charge in [0.25, 0.3) is 10.1 Å². The molecule has 1 aliphatic rings. The SMILES string of the molecule is CCN(CC)c1ccc(C(=C2C=CC(=[N+](CC)CC)C=C2)c2cc(O)c(S(=O)(=O)O)cc2S(=O)(=O)[O-])cc1.[Ca+2].[H-].[H-]. The monoisotopic (exact) mass is 602 g/mol. The zero-order chi connectivity index (χ0) is 28.3. The van der Waals surface area contributed by atoms with Crippen molar-refractivity contribution in [3.63, 3.8) is 0 Å². The molecule has 0 amide bonds. The Kier molecular flexibility index (Phi) is 11.6. The molecule has 0 saturated carbocycles. The summed E-state index contributed by atoms with van der Waals surface area (Å²) in [7, 11) is -10.2. The summed E-state index contributed by atoms with van der Waals surface area (Å²) in [5.41, 5.74) is 3.08. The summed E-state index contributed by atoms with van der Waals surface area (Å²) >= 11 is 0. The maximum Gasteiger partial charge on any atom is 2.00 e. The summed E-state index contributed by atoms with van der Waals surface area (Å²) in [5.74, 6) is -0.882. The minimum atomic E-state index is -5.23. The summed E-state index contributed by atoms with van der Waals surface area (Å²) in [6.45, 7) is 11.2. The Morgan fingerprint density at radius 1 is 0.897 bits per heavy atom. The van der Waals surface area contributed by atoms with Crippen LogP contribution in [0.4, 0.5) is 5.69 Å². The molecular formula is C27H34CaN2O7S2. The summed E-state index contributed by atoms with van der Waals surface area (Å²) < 4.78 is 72.1. The van der Waals surface area contributed by atoms with Crippen LogP contribution in [0.25, 0.3) is 5.57 Å². The first-order chi connectivity index (χ1) is 17.8. The first kappa shape index (κ1) is 33.2. The zero-order valence-electron chi connectivity index (χ0n) is 24.5. The van der Waals surface area contributed by atoms with Gasteiger partial charge in [-0.3, -0.25) is 4.55 Å². The fraction of sp³-hybridized carbons (Fsp3) is 0.296. The van der Waals surface area contributed by atoms with Gasteiger partial charge in [0.15, 0.2) is 5.71 Å². The van der Waals surface area contributed by atoms with Crippen molar-refractivity contribution >= 4 is 74.9 Å². The van der Waals surface area contributed by atoms with Crippen LogP contribution in [0.3, 0.4) is 0 Å². The Hall–Kier alpha value is -1.99. The number of aromatic hydroxyl groups is 1. The first-order valence-corrected chi connectivity index (χ1v) is 15.1. The van der Waals surface area contributed by atoms with Crippen LogP contribution in [0.5, 0.6) is 5.75 Å². The Bertz CT molecular complexity index is 1540. The number of phenols is 1. The van der Waals surface area contributed by atoms with Crippen LogP contribution in [0.1, 0.15) is 41.7 Å². The average molecular weight is 603 g/mol. The molecule has 2 aromatic carbocycles. The van der Waals surface area contributed by atoms with Crippen molar-refractivity contribution in [2.24, 2.45) is 0 Å². The van der Waals surface area contributed by atoms with Crippen LogP contribution >= 0.6 is 0 Å². The van der Waals surface area contributed by atoms with E-state index in [1.807, 2.05) is 52.0 Å². The summed E-state index contributed by atoms with van der Waals surface area (Å²) in [5, 5.41) is 10.5. The molecule has 0 saturated heterocycles. The van der Waals surface area contributed by atoms with Crippen LogP contribution < -0.4 is 4.90 Å². The molecule has 12 heteroatoms. The number of phenolic OH excluding ortho intramolecular Hbond substituents is 1. The van der Waals surface area contributed by atoms with Crippen molar-refractivity contribution in [1.29, 1.82) is 0 Å². The van der Waals surface area contributed by atoms with E-state index in [-0.39, 0.29) is 46.2 Å². The van der Waals surface area contributed by atoms with E-state index in [4.69, 9.17) is 0 Å². The molecular weight excluding hydrogens is 569 g/mol. The molecule has 0 unspecified atom stereocenters. The van der Waals surface area contributed by atoms with E-state index in [9.17, 15) is 31.0 Å². The molecule has 0 bridgehead atoms. The van der Waals surface area contributed by atoms with Gasteiger partial charge < -0.3 is 17.4 Å². The van der Waals surface area contributed by atoms with E-state index in [0.29, 0.717) is 22.8 Å². The van der Waals surface area contributed by atoms with E-state index >= 15 is 0 Å². The van der Waals surface area contributed by atoms with Gasteiger partial charge in [-0.2, -0.15) is 8.42 Å². The van der Waals surface area contributed by atoms with Crippen LogP contribution in [-0.2, 0) is 20.2 Å². The predicted molar refractivity (Wildman–Crippen MR) is 155 cm³/mol. The maximum atomic E-state index is 12.3. The summed E-state index contributed by atoms with van der Waals surface area (Å²) in [4.78, 5) is 0.185. The molecule has 0 spiro atoms. The molecule has 0 heterocycles. The number of hydrogen-bond acceptors (Lipinski definition) is 7. The van der Waals surface area contributed by atoms with Crippen LogP contribution in [0, 0.1) is 0 Å². The van der Waals surface area contributed by atoms with Gasteiger partial charge in [-0.1, -0.05) is 12.1 Å². The fourth-order valence-electron chi connectivity index (χ4n) is 4.49. The number of hydrogen-bond donors (Lipinski definition) is 2. The minimum absolute atomic E-state index is 0. The van der Waals surface area contributed by atoms with E-state index in [1.54, 1.807) is 24.3 Å². The second-order valence-electron chi connectivity index (χ2n) is 8.56. The third kappa shape index (κ3) is 7.60. The molecule has 2 aromatic rings. The normalized spacial score (nSPS) is 13.3. The van der Waals surface area contributed by atoms with E-state index < -0.39 is 35.8 Å². The molecule has 2 N–H and O–H groups in total. The maximum absolute atomic E-state index is 12.3. The molecule has 0 aliphatic heterocycles. The van der Waals surface area contributed by atoms with Crippen LogP contribution in [-0.4, -0.2) is 105 Å². The molecule has 0 aromatic heterocycles. The van der Waals surface area contributed by atoms with Crippen molar-refractivity contribution < 1.29 is 38.5 Å². The van der Waals surface area contributed by atoms with Gasteiger partial charge in [0.05, 0.1) is 4.90 Å².